The minimum absolute atomic E-state index is 0. The van der Waals surface area contributed by atoms with E-state index in [-0.39, 0.29) is 29.8 Å². The summed E-state index contributed by atoms with van der Waals surface area (Å²) in [6.45, 7) is 0. The van der Waals surface area contributed by atoms with Crippen LogP contribution in [-0.2, 0) is 0 Å². The lowest BCUT2D eigenvalue weighted by Crippen LogP contribution is -3.00. The van der Waals surface area contributed by atoms with Crippen molar-refractivity contribution in [3.63, 3.8) is 0 Å². The highest BCUT2D eigenvalue weighted by Crippen LogP contribution is 2.54. The van der Waals surface area contributed by atoms with E-state index >= 15 is 0 Å². The van der Waals surface area contributed by atoms with Gasteiger partial charge in [-0.15, -0.1) is 0 Å². The van der Waals surface area contributed by atoms with Crippen molar-refractivity contribution in [1.82, 2.24) is 0 Å². The summed E-state index contributed by atoms with van der Waals surface area (Å²) in [4.78, 5) is 0. The second kappa shape index (κ2) is 8.77. The molecule has 0 bridgehead atoms. The third-order valence-electron chi connectivity index (χ3n) is 4.64. The molecule has 0 atom stereocenters. The molecule has 0 amide bonds. The van der Waals surface area contributed by atoms with Crippen LogP contribution in [0, 0.1) is 5.82 Å². The van der Waals surface area contributed by atoms with Gasteiger partial charge in [-0.3, -0.25) is 0 Å². The summed E-state index contributed by atoms with van der Waals surface area (Å²) in [5, 5.41) is 4.96. The fraction of sp³-hybridized carbons (Fsp3) is 0. The fourth-order valence-electron chi connectivity index (χ4n) is 3.51. The quantitative estimate of drug-likeness (QED) is 0.305. The van der Waals surface area contributed by atoms with Gasteiger partial charge in [0.15, 0.2) is 0 Å². The summed E-state index contributed by atoms with van der Waals surface area (Å²) >= 11 is 0. The lowest BCUT2D eigenvalue weighted by Gasteiger charge is -2.27. The van der Waals surface area contributed by atoms with Gasteiger partial charge in [-0.2, -0.15) is 0 Å². The predicted molar refractivity (Wildman–Crippen MR) is 111 cm³/mol. The highest BCUT2D eigenvalue weighted by molar-refractivity contribution is 8.01. The minimum atomic E-state index is -2.09. The molecule has 3 heteroatoms. The van der Waals surface area contributed by atoms with E-state index in [1.807, 2.05) is 30.3 Å². The SMILES string of the molecule is [18F]c1ccc([P+](c2ccccc2)(c2ccccc2)c2ccccc2)cc1.[I-]. The molecule has 0 aliphatic carbocycles. The Balaban J connectivity index is 0.00000210. The molecule has 27 heavy (non-hydrogen) atoms. The first-order valence-electron chi connectivity index (χ1n) is 8.64. The Bertz CT molecular complexity index is 874. The number of hydrogen-bond acceptors (Lipinski definition) is 0. The Hall–Kier alpha value is -2.03. The molecule has 134 valence electrons. The summed E-state index contributed by atoms with van der Waals surface area (Å²) in [6.07, 6.45) is 0. The Kier molecular flexibility index (Phi) is 6.41. The smallest absolute Gasteiger partial charge is 0.144 e. The van der Waals surface area contributed by atoms with Crippen molar-refractivity contribution in [1.29, 1.82) is 0 Å². The van der Waals surface area contributed by atoms with Gasteiger partial charge in [-0.05, 0) is 60.7 Å². The number of rotatable bonds is 4. The third kappa shape index (κ3) is 3.69. The lowest BCUT2D eigenvalue weighted by atomic mass is 10.3. The van der Waals surface area contributed by atoms with Gasteiger partial charge in [-0.25, -0.2) is 4.39 Å². The summed E-state index contributed by atoms with van der Waals surface area (Å²) < 4.78 is 13.7. The van der Waals surface area contributed by atoms with Crippen LogP contribution in [-0.4, -0.2) is 0 Å². The van der Waals surface area contributed by atoms with Crippen LogP contribution in [0.25, 0.3) is 0 Å². The zero-order chi connectivity index (χ0) is 17.8. The summed E-state index contributed by atoms with van der Waals surface area (Å²) in [7, 11) is -2.09. The number of hydrogen-bond donors (Lipinski definition) is 0. The molecule has 0 radical (unpaired) electrons. The van der Waals surface area contributed by atoms with Crippen LogP contribution in [0.3, 0.4) is 0 Å². The third-order valence-corrected chi connectivity index (χ3v) is 8.94. The summed E-state index contributed by atoms with van der Waals surface area (Å²) in [5.41, 5.74) is 0. The van der Waals surface area contributed by atoms with Crippen LogP contribution in [0.1, 0.15) is 0 Å². The van der Waals surface area contributed by atoms with Gasteiger partial charge in [0.1, 0.15) is 34.3 Å². The molecule has 0 saturated heterocycles. The molecule has 0 N–H and O–H groups in total. The van der Waals surface area contributed by atoms with Crippen LogP contribution < -0.4 is 45.2 Å². The van der Waals surface area contributed by atoms with Crippen LogP contribution >= 0.6 is 7.26 Å². The van der Waals surface area contributed by atoms with Crippen molar-refractivity contribution in [2.24, 2.45) is 0 Å². The highest BCUT2D eigenvalue weighted by Gasteiger charge is 2.47. The van der Waals surface area contributed by atoms with E-state index < -0.39 is 7.26 Å². The van der Waals surface area contributed by atoms with Crippen LogP contribution in [0.15, 0.2) is 115 Å². The van der Waals surface area contributed by atoms with Gasteiger partial charge in [-0.1, -0.05) is 54.6 Å². The first kappa shape index (κ1) is 19.7. The maximum atomic E-state index is 13.7. The maximum Gasteiger partial charge on any atom is 0.144 e. The number of halogens is 2. The van der Waals surface area contributed by atoms with E-state index in [2.05, 4.69) is 72.8 Å². The molecule has 0 heterocycles. The normalized spacial score (nSPS) is 10.9. The summed E-state index contributed by atoms with van der Waals surface area (Å²) in [5.74, 6) is -0.207. The molecule has 0 aliphatic rings. The Labute approximate surface area is 177 Å². The Morgan fingerprint density at radius 2 is 0.704 bits per heavy atom. The van der Waals surface area contributed by atoms with Crippen LogP contribution in [0.4, 0.5) is 4.39 Å². The molecule has 0 fully saturated rings. The van der Waals surface area contributed by atoms with E-state index in [0.717, 1.165) is 5.30 Å². The topological polar surface area (TPSA) is 0 Å². The van der Waals surface area contributed by atoms with Crippen molar-refractivity contribution in [3.05, 3.63) is 121 Å². The Morgan fingerprint density at radius 3 is 1.04 bits per heavy atom. The standard InChI is InChI=1S/C24H19FP.HI/c25-20-16-18-24(19-17-20)26(21-10-4-1-5-11-21,22-12-6-2-7-13-22)23-14-8-3-9-15-23;/h1-19H;1H/q+1;/p-1/i25-1;. The van der Waals surface area contributed by atoms with E-state index in [1.54, 1.807) is 12.1 Å². The molecule has 0 aromatic heterocycles. The van der Waals surface area contributed by atoms with Crippen molar-refractivity contribution in [2.45, 2.75) is 0 Å². The van der Waals surface area contributed by atoms with Crippen molar-refractivity contribution < 1.29 is 28.4 Å². The molecule has 0 spiro atoms. The first-order valence-corrected chi connectivity index (χ1v) is 10.4. The van der Waals surface area contributed by atoms with Gasteiger partial charge >= 0.3 is 0 Å². The highest BCUT2D eigenvalue weighted by atomic mass is 127. The van der Waals surface area contributed by atoms with Crippen molar-refractivity contribution >= 4 is 28.5 Å². The second-order valence-electron chi connectivity index (χ2n) is 6.15. The average Bonchev–Trinajstić information content (AvgIpc) is 2.72. The molecule has 0 saturated carbocycles. The van der Waals surface area contributed by atoms with Crippen LogP contribution in [0.5, 0.6) is 0 Å². The molecule has 4 aromatic carbocycles. The lowest BCUT2D eigenvalue weighted by molar-refractivity contribution is -0.00000555. The number of benzene rings is 4. The van der Waals surface area contributed by atoms with E-state index in [0.29, 0.717) is 0 Å². The first-order chi connectivity index (χ1) is 12.8. The second-order valence-corrected chi connectivity index (χ2v) is 9.56. The maximum absolute atomic E-state index is 13.7. The Morgan fingerprint density at radius 1 is 0.407 bits per heavy atom. The molecule has 0 nitrogen and oxygen atoms in total. The zero-order valence-corrected chi connectivity index (χ0v) is 17.7. The molecule has 4 rings (SSSR count). The fourth-order valence-corrected chi connectivity index (χ4v) is 7.76. The molecule has 0 unspecified atom stereocenters. The van der Waals surface area contributed by atoms with Gasteiger partial charge in [0.2, 0.25) is 0 Å². The van der Waals surface area contributed by atoms with Crippen molar-refractivity contribution in [3.8, 4) is 0 Å². The monoisotopic (exact) mass is 483 g/mol. The van der Waals surface area contributed by atoms with E-state index in [1.165, 1.54) is 15.9 Å². The average molecular weight is 483 g/mol. The van der Waals surface area contributed by atoms with E-state index in [9.17, 15) is 4.39 Å². The van der Waals surface area contributed by atoms with Crippen molar-refractivity contribution in [2.75, 3.05) is 0 Å². The summed E-state index contributed by atoms with van der Waals surface area (Å²) in [6, 6.07) is 38.8. The van der Waals surface area contributed by atoms with Gasteiger partial charge < -0.3 is 24.0 Å². The van der Waals surface area contributed by atoms with Gasteiger partial charge in [0, 0.05) is 0 Å². The van der Waals surface area contributed by atoms with Gasteiger partial charge in [0.25, 0.3) is 0 Å². The van der Waals surface area contributed by atoms with Gasteiger partial charge in [0.05, 0.1) is 0 Å². The van der Waals surface area contributed by atoms with E-state index in [4.69, 9.17) is 0 Å². The predicted octanol–water partition coefficient (Wildman–Crippen LogP) is 1.45. The molecular weight excluding hydrogens is 464 g/mol. The largest absolute Gasteiger partial charge is 1.00 e. The van der Waals surface area contributed by atoms with Crippen LogP contribution in [0.2, 0.25) is 0 Å². The molecule has 4 aromatic rings. The molecule has 0 aliphatic heterocycles. The molecular formula is C24H19FIP. The zero-order valence-electron chi connectivity index (χ0n) is 14.7. The minimum Gasteiger partial charge on any atom is -1.00 e.